The molecule has 0 aliphatic heterocycles. The van der Waals surface area contributed by atoms with Gasteiger partial charge >= 0.3 is 5.97 Å². The topological polar surface area (TPSA) is 86.7 Å². The van der Waals surface area contributed by atoms with Crippen molar-refractivity contribution in [3.05, 3.63) is 0 Å². The van der Waals surface area contributed by atoms with Crippen LogP contribution < -0.4 is 5.32 Å². The van der Waals surface area contributed by atoms with Crippen LogP contribution in [-0.4, -0.2) is 46.4 Å². The van der Waals surface area contributed by atoms with Gasteiger partial charge in [-0.05, 0) is 19.3 Å². The number of rotatable bonds is 7. The van der Waals surface area contributed by atoms with Crippen molar-refractivity contribution in [3.8, 4) is 0 Å². The van der Waals surface area contributed by atoms with E-state index in [1.54, 1.807) is 6.92 Å². The molecule has 2 atom stereocenters. The first kappa shape index (κ1) is 17.4. The van der Waals surface area contributed by atoms with Gasteiger partial charge in [0.15, 0.2) is 0 Å². The van der Waals surface area contributed by atoms with Crippen molar-refractivity contribution in [2.75, 3.05) is 6.54 Å². The van der Waals surface area contributed by atoms with Crippen LogP contribution in [0, 0.1) is 5.92 Å². The molecule has 0 radical (unpaired) electrons. The summed E-state index contributed by atoms with van der Waals surface area (Å²) in [5.41, 5.74) is 0. The summed E-state index contributed by atoms with van der Waals surface area (Å²) in [6.45, 7) is 8.30. The van der Waals surface area contributed by atoms with Crippen molar-refractivity contribution in [2.45, 2.75) is 53.1 Å². The second-order valence-corrected chi connectivity index (χ2v) is 5.04. The zero-order valence-electron chi connectivity index (χ0n) is 12.3. The molecule has 0 aliphatic rings. The molecule has 0 aromatic rings. The second-order valence-electron chi connectivity index (χ2n) is 5.04. The molecule has 0 aromatic carbocycles. The Balaban J connectivity index is 5.11. The Kier molecular flexibility index (Phi) is 7.11. The summed E-state index contributed by atoms with van der Waals surface area (Å²) >= 11 is 0. The van der Waals surface area contributed by atoms with E-state index in [0.29, 0.717) is 6.42 Å². The smallest absolute Gasteiger partial charge is 0.323 e. The van der Waals surface area contributed by atoms with Crippen LogP contribution in [0.2, 0.25) is 0 Å². The molecule has 6 heteroatoms. The number of hydrogen-bond acceptors (Lipinski definition) is 3. The van der Waals surface area contributed by atoms with Crippen LogP contribution >= 0.6 is 0 Å². The SMILES string of the molecule is CCC(C)N(CC(=O)O)C(=O)C(NC(C)=O)C(C)C. The Morgan fingerprint density at radius 2 is 1.74 bits per heavy atom. The fourth-order valence-corrected chi connectivity index (χ4v) is 1.73. The molecule has 0 saturated heterocycles. The number of carbonyl (C=O) groups is 3. The number of carbonyl (C=O) groups excluding carboxylic acids is 2. The summed E-state index contributed by atoms with van der Waals surface area (Å²) in [5.74, 6) is -1.80. The highest BCUT2D eigenvalue weighted by Gasteiger charge is 2.31. The van der Waals surface area contributed by atoms with Gasteiger partial charge in [0.2, 0.25) is 11.8 Å². The summed E-state index contributed by atoms with van der Waals surface area (Å²) in [4.78, 5) is 35.7. The molecule has 110 valence electrons. The molecule has 2 amide bonds. The molecule has 19 heavy (non-hydrogen) atoms. The summed E-state index contributed by atoms with van der Waals surface area (Å²) in [6, 6.07) is -0.871. The molecular formula is C13H24N2O4. The van der Waals surface area contributed by atoms with E-state index >= 15 is 0 Å². The molecular weight excluding hydrogens is 248 g/mol. The first-order valence-corrected chi connectivity index (χ1v) is 6.50. The molecule has 0 aromatic heterocycles. The highest BCUT2D eigenvalue weighted by Crippen LogP contribution is 2.11. The van der Waals surface area contributed by atoms with E-state index in [0.717, 1.165) is 0 Å². The van der Waals surface area contributed by atoms with E-state index < -0.39 is 12.0 Å². The van der Waals surface area contributed by atoms with Crippen molar-refractivity contribution in [1.82, 2.24) is 10.2 Å². The van der Waals surface area contributed by atoms with E-state index in [1.165, 1.54) is 11.8 Å². The van der Waals surface area contributed by atoms with Crippen molar-refractivity contribution in [3.63, 3.8) is 0 Å². The van der Waals surface area contributed by atoms with Crippen molar-refractivity contribution in [1.29, 1.82) is 0 Å². The predicted octanol–water partition coefficient (Wildman–Crippen LogP) is 0.859. The Morgan fingerprint density at radius 3 is 2.05 bits per heavy atom. The Morgan fingerprint density at radius 1 is 1.21 bits per heavy atom. The lowest BCUT2D eigenvalue weighted by molar-refractivity contribution is -0.148. The summed E-state index contributed by atoms with van der Waals surface area (Å²) < 4.78 is 0. The van der Waals surface area contributed by atoms with E-state index in [4.69, 9.17) is 5.11 Å². The van der Waals surface area contributed by atoms with Crippen LogP contribution in [0.15, 0.2) is 0 Å². The molecule has 6 nitrogen and oxygen atoms in total. The van der Waals surface area contributed by atoms with E-state index in [1.807, 2.05) is 20.8 Å². The average molecular weight is 272 g/mol. The van der Waals surface area contributed by atoms with Gasteiger partial charge in [0.1, 0.15) is 12.6 Å². The van der Waals surface area contributed by atoms with Crippen LogP contribution in [0.5, 0.6) is 0 Å². The van der Waals surface area contributed by atoms with Crippen LogP contribution in [0.3, 0.4) is 0 Å². The monoisotopic (exact) mass is 272 g/mol. The number of carboxylic acids is 1. The molecule has 2 unspecified atom stereocenters. The Hall–Kier alpha value is -1.59. The maximum Gasteiger partial charge on any atom is 0.323 e. The van der Waals surface area contributed by atoms with Gasteiger partial charge in [-0.2, -0.15) is 0 Å². The number of nitrogens with one attached hydrogen (secondary N) is 1. The molecule has 0 saturated carbocycles. The lowest BCUT2D eigenvalue weighted by atomic mass is 10.0. The third kappa shape index (κ3) is 5.72. The summed E-state index contributed by atoms with van der Waals surface area (Å²) in [7, 11) is 0. The molecule has 0 spiro atoms. The first-order chi connectivity index (χ1) is 8.70. The number of amides is 2. The quantitative estimate of drug-likeness (QED) is 0.719. The standard InChI is InChI=1S/C13H24N2O4/c1-6-9(4)15(7-11(17)18)13(19)12(8(2)3)14-10(5)16/h8-9,12H,6-7H2,1-5H3,(H,14,16)(H,17,18). The van der Waals surface area contributed by atoms with Crippen LogP contribution in [-0.2, 0) is 14.4 Å². The minimum Gasteiger partial charge on any atom is -0.480 e. The average Bonchev–Trinajstić information content (AvgIpc) is 2.30. The molecule has 0 heterocycles. The number of aliphatic carboxylic acids is 1. The van der Waals surface area contributed by atoms with Gasteiger partial charge in [0, 0.05) is 13.0 Å². The third-order valence-electron chi connectivity index (χ3n) is 3.00. The normalized spacial score (nSPS) is 13.8. The van der Waals surface area contributed by atoms with E-state index in [9.17, 15) is 14.4 Å². The Labute approximate surface area is 114 Å². The molecule has 0 aliphatic carbocycles. The highest BCUT2D eigenvalue weighted by molar-refractivity contribution is 5.89. The maximum absolute atomic E-state index is 12.4. The predicted molar refractivity (Wildman–Crippen MR) is 71.5 cm³/mol. The minimum absolute atomic E-state index is 0.100. The highest BCUT2D eigenvalue weighted by atomic mass is 16.4. The largest absolute Gasteiger partial charge is 0.480 e. The number of hydrogen-bond donors (Lipinski definition) is 2. The van der Waals surface area contributed by atoms with Crippen molar-refractivity contribution < 1.29 is 19.5 Å². The summed E-state index contributed by atoms with van der Waals surface area (Å²) in [6.07, 6.45) is 0.657. The lowest BCUT2D eigenvalue weighted by Gasteiger charge is -2.32. The van der Waals surface area contributed by atoms with Gasteiger partial charge in [-0.15, -0.1) is 0 Å². The summed E-state index contributed by atoms with van der Waals surface area (Å²) in [5, 5.41) is 11.5. The fraction of sp³-hybridized carbons (Fsp3) is 0.769. The zero-order valence-corrected chi connectivity index (χ0v) is 12.3. The maximum atomic E-state index is 12.4. The van der Waals surface area contributed by atoms with Gasteiger partial charge < -0.3 is 15.3 Å². The Bertz CT molecular complexity index is 342. The zero-order chi connectivity index (χ0) is 15.2. The fourth-order valence-electron chi connectivity index (χ4n) is 1.73. The number of carboxylic acid groups (broad SMARTS) is 1. The van der Waals surface area contributed by atoms with Gasteiger partial charge in [0.25, 0.3) is 0 Å². The van der Waals surface area contributed by atoms with E-state index in [-0.39, 0.29) is 30.3 Å². The van der Waals surface area contributed by atoms with Crippen LogP contribution in [0.25, 0.3) is 0 Å². The molecule has 0 bridgehead atoms. The molecule has 0 rings (SSSR count). The van der Waals surface area contributed by atoms with Gasteiger partial charge in [-0.1, -0.05) is 20.8 Å². The van der Waals surface area contributed by atoms with Crippen molar-refractivity contribution >= 4 is 17.8 Å². The molecule has 2 N–H and O–H groups in total. The van der Waals surface area contributed by atoms with Gasteiger partial charge in [-0.3, -0.25) is 14.4 Å². The van der Waals surface area contributed by atoms with Gasteiger partial charge in [0.05, 0.1) is 0 Å². The van der Waals surface area contributed by atoms with E-state index in [2.05, 4.69) is 5.32 Å². The van der Waals surface area contributed by atoms with Gasteiger partial charge in [-0.25, -0.2) is 0 Å². The second kappa shape index (κ2) is 7.76. The minimum atomic E-state index is -1.06. The third-order valence-corrected chi connectivity index (χ3v) is 3.00. The molecule has 0 fully saturated rings. The van der Waals surface area contributed by atoms with Crippen LogP contribution in [0.1, 0.15) is 41.0 Å². The number of nitrogens with zero attached hydrogens (tertiary/aromatic N) is 1. The van der Waals surface area contributed by atoms with Crippen LogP contribution in [0.4, 0.5) is 0 Å². The lowest BCUT2D eigenvalue weighted by Crippen LogP contribution is -2.54. The van der Waals surface area contributed by atoms with Crippen molar-refractivity contribution in [2.24, 2.45) is 5.92 Å². The first-order valence-electron chi connectivity index (χ1n) is 6.50.